The fourth-order valence-electron chi connectivity index (χ4n) is 0.507. The highest BCUT2D eigenvalue weighted by Crippen LogP contribution is 1.89. The molecule has 0 heterocycles. The maximum atomic E-state index is 12.1. The highest BCUT2D eigenvalue weighted by Gasteiger charge is 1.84. The largest absolute Gasteiger partial charge is 0.207 e. The summed E-state index contributed by atoms with van der Waals surface area (Å²) in [7, 11) is 5.22. The lowest BCUT2D eigenvalue weighted by atomic mass is 9.97. The van der Waals surface area contributed by atoms with E-state index in [2.05, 4.69) is 0 Å². The summed E-state index contributed by atoms with van der Waals surface area (Å²) >= 11 is 0. The molecule has 1 aromatic carbocycles. The molecule has 1 rings (SSSR count). The van der Waals surface area contributed by atoms with Gasteiger partial charge in [0, 0.05) is 0 Å². The molecule has 0 saturated heterocycles. The molecule has 8 heavy (non-hydrogen) atoms. The molecular formula is C6H4BF. The zero-order valence-electron chi connectivity index (χ0n) is 4.26. The van der Waals surface area contributed by atoms with Crippen molar-refractivity contribution in [1.82, 2.24) is 0 Å². The molecule has 0 N–H and O–H groups in total. The van der Waals surface area contributed by atoms with Gasteiger partial charge in [0.1, 0.15) is 13.7 Å². The second-order valence-electron chi connectivity index (χ2n) is 1.56. The van der Waals surface area contributed by atoms with E-state index in [4.69, 9.17) is 7.85 Å². The van der Waals surface area contributed by atoms with Crippen LogP contribution in [-0.2, 0) is 0 Å². The van der Waals surface area contributed by atoms with Crippen molar-refractivity contribution >= 4 is 13.3 Å². The SMILES string of the molecule is [B]c1cccc(F)c1. The normalized spacial score (nSPS) is 9.12. The van der Waals surface area contributed by atoms with Gasteiger partial charge in [0.15, 0.2) is 0 Å². The highest BCUT2D eigenvalue weighted by atomic mass is 19.1. The summed E-state index contributed by atoms with van der Waals surface area (Å²) in [5, 5.41) is 0. The molecular weight excluding hydrogens is 102 g/mol. The van der Waals surface area contributed by atoms with E-state index in [1.54, 1.807) is 12.1 Å². The summed E-state index contributed by atoms with van der Waals surface area (Å²) < 4.78 is 12.1. The van der Waals surface area contributed by atoms with Crippen LogP contribution >= 0.6 is 0 Å². The van der Waals surface area contributed by atoms with Gasteiger partial charge < -0.3 is 0 Å². The number of rotatable bonds is 0. The Balaban J connectivity index is 3.08. The lowest BCUT2D eigenvalue weighted by Gasteiger charge is -1.87. The molecule has 0 aliphatic rings. The Labute approximate surface area is 48.7 Å². The topological polar surface area (TPSA) is 0 Å². The van der Waals surface area contributed by atoms with E-state index in [0.29, 0.717) is 5.46 Å². The summed E-state index contributed by atoms with van der Waals surface area (Å²) in [6.45, 7) is 0. The smallest absolute Gasteiger partial charge is 0.122 e. The van der Waals surface area contributed by atoms with Crippen LogP contribution in [0, 0.1) is 5.82 Å². The Morgan fingerprint density at radius 2 is 2.12 bits per heavy atom. The van der Waals surface area contributed by atoms with Gasteiger partial charge in [-0.25, -0.2) is 4.39 Å². The van der Waals surface area contributed by atoms with Gasteiger partial charge >= 0.3 is 0 Å². The first-order valence-corrected chi connectivity index (χ1v) is 2.30. The summed E-state index contributed by atoms with van der Waals surface area (Å²) in [6, 6.07) is 5.85. The first-order chi connectivity index (χ1) is 3.79. The third kappa shape index (κ3) is 1.09. The molecule has 0 spiro atoms. The third-order valence-corrected chi connectivity index (χ3v) is 0.849. The Bertz CT molecular complexity index is 168. The van der Waals surface area contributed by atoms with Crippen LogP contribution in [0.2, 0.25) is 0 Å². The van der Waals surface area contributed by atoms with Gasteiger partial charge in [0.2, 0.25) is 0 Å². The second-order valence-corrected chi connectivity index (χ2v) is 1.56. The van der Waals surface area contributed by atoms with Crippen LogP contribution in [0.25, 0.3) is 0 Å². The van der Waals surface area contributed by atoms with Gasteiger partial charge in [-0.2, -0.15) is 0 Å². The molecule has 0 bridgehead atoms. The average molecular weight is 106 g/mol. The fourth-order valence-corrected chi connectivity index (χ4v) is 0.507. The molecule has 2 heteroatoms. The fraction of sp³-hybridized carbons (Fsp3) is 0. The molecule has 0 aliphatic heterocycles. The van der Waals surface area contributed by atoms with Crippen LogP contribution in [0.4, 0.5) is 4.39 Å². The van der Waals surface area contributed by atoms with E-state index in [-0.39, 0.29) is 5.82 Å². The molecule has 0 aliphatic carbocycles. The van der Waals surface area contributed by atoms with Crippen LogP contribution in [0.1, 0.15) is 0 Å². The molecule has 0 atom stereocenters. The van der Waals surface area contributed by atoms with Crippen molar-refractivity contribution in [3.05, 3.63) is 30.1 Å². The molecule has 0 fully saturated rings. The van der Waals surface area contributed by atoms with Crippen molar-refractivity contribution < 1.29 is 4.39 Å². The standard InChI is InChI=1S/C6H4BF/c7-5-2-1-3-6(8)4-5/h1-4H. The van der Waals surface area contributed by atoms with Crippen LogP contribution in [0.3, 0.4) is 0 Å². The predicted octanol–water partition coefficient (Wildman–Crippen LogP) is 0.620. The first kappa shape index (κ1) is 5.35. The van der Waals surface area contributed by atoms with E-state index in [1.807, 2.05) is 0 Å². The van der Waals surface area contributed by atoms with Crippen molar-refractivity contribution in [2.24, 2.45) is 0 Å². The lowest BCUT2D eigenvalue weighted by molar-refractivity contribution is 0.629. The molecule has 0 aromatic heterocycles. The minimum atomic E-state index is -0.287. The number of hydrogen-bond donors (Lipinski definition) is 0. The Hall–Kier alpha value is -0.785. The van der Waals surface area contributed by atoms with Crippen molar-refractivity contribution in [3.63, 3.8) is 0 Å². The second kappa shape index (κ2) is 1.99. The third-order valence-electron chi connectivity index (χ3n) is 0.849. The number of benzene rings is 1. The Kier molecular flexibility index (Phi) is 1.33. The zero-order chi connectivity index (χ0) is 5.98. The van der Waals surface area contributed by atoms with E-state index >= 15 is 0 Å². The average Bonchev–Trinajstić information content (AvgIpc) is 1.64. The molecule has 0 saturated carbocycles. The van der Waals surface area contributed by atoms with Crippen LogP contribution in [0.15, 0.2) is 24.3 Å². The Morgan fingerprint density at radius 3 is 2.50 bits per heavy atom. The molecule has 1 aromatic rings. The van der Waals surface area contributed by atoms with Crippen molar-refractivity contribution in [2.45, 2.75) is 0 Å². The van der Waals surface area contributed by atoms with Gasteiger partial charge in [0.25, 0.3) is 0 Å². The summed E-state index contributed by atoms with van der Waals surface area (Å²) in [6.07, 6.45) is 0. The van der Waals surface area contributed by atoms with Crippen molar-refractivity contribution in [2.75, 3.05) is 0 Å². The quantitative estimate of drug-likeness (QED) is 0.425. The van der Waals surface area contributed by atoms with Gasteiger partial charge in [-0.05, 0) is 12.1 Å². The summed E-state index contributed by atoms with van der Waals surface area (Å²) in [5.41, 5.74) is 0.463. The maximum Gasteiger partial charge on any atom is 0.122 e. The zero-order valence-corrected chi connectivity index (χ0v) is 4.26. The van der Waals surface area contributed by atoms with Gasteiger partial charge in [-0.15, -0.1) is 0 Å². The maximum absolute atomic E-state index is 12.1. The molecule has 0 amide bonds. The molecule has 0 nitrogen and oxygen atoms in total. The van der Waals surface area contributed by atoms with Gasteiger partial charge in [-0.1, -0.05) is 17.6 Å². The molecule has 2 radical (unpaired) electrons. The predicted molar refractivity (Wildman–Crippen MR) is 31.8 cm³/mol. The van der Waals surface area contributed by atoms with E-state index in [1.165, 1.54) is 12.1 Å². The number of halogens is 1. The first-order valence-electron chi connectivity index (χ1n) is 2.30. The van der Waals surface area contributed by atoms with Crippen molar-refractivity contribution in [3.8, 4) is 0 Å². The number of hydrogen-bond acceptors (Lipinski definition) is 0. The molecule has 0 unspecified atom stereocenters. The summed E-state index contributed by atoms with van der Waals surface area (Å²) in [5.74, 6) is -0.287. The van der Waals surface area contributed by atoms with Crippen molar-refractivity contribution in [1.29, 1.82) is 0 Å². The summed E-state index contributed by atoms with van der Waals surface area (Å²) in [4.78, 5) is 0. The monoisotopic (exact) mass is 106 g/mol. The Morgan fingerprint density at radius 1 is 1.38 bits per heavy atom. The van der Waals surface area contributed by atoms with Crippen LogP contribution in [-0.4, -0.2) is 7.85 Å². The minimum absolute atomic E-state index is 0.287. The van der Waals surface area contributed by atoms with E-state index in [9.17, 15) is 4.39 Å². The van der Waals surface area contributed by atoms with Crippen LogP contribution < -0.4 is 5.46 Å². The van der Waals surface area contributed by atoms with E-state index in [0.717, 1.165) is 0 Å². The van der Waals surface area contributed by atoms with E-state index < -0.39 is 0 Å². The van der Waals surface area contributed by atoms with Gasteiger partial charge in [0.05, 0.1) is 0 Å². The molecule has 38 valence electrons. The highest BCUT2D eigenvalue weighted by molar-refractivity contribution is 6.32. The lowest BCUT2D eigenvalue weighted by Crippen LogP contribution is -2.00. The minimum Gasteiger partial charge on any atom is -0.207 e. The van der Waals surface area contributed by atoms with Crippen LogP contribution in [0.5, 0.6) is 0 Å². The van der Waals surface area contributed by atoms with Gasteiger partial charge in [-0.3, -0.25) is 0 Å².